The van der Waals surface area contributed by atoms with Crippen LogP contribution >= 0.6 is 0 Å². The van der Waals surface area contributed by atoms with E-state index in [0.29, 0.717) is 13.2 Å². The summed E-state index contributed by atoms with van der Waals surface area (Å²) in [5.74, 6) is 1.67. The van der Waals surface area contributed by atoms with Gasteiger partial charge < -0.3 is 19.1 Å². The molecule has 2 aliphatic rings. The first-order chi connectivity index (χ1) is 13.9. The van der Waals surface area contributed by atoms with E-state index < -0.39 is 0 Å². The van der Waals surface area contributed by atoms with Gasteiger partial charge in [-0.1, -0.05) is 57.1 Å². The molecule has 0 bridgehead atoms. The van der Waals surface area contributed by atoms with Gasteiger partial charge in [0, 0.05) is 6.61 Å². The fourth-order valence-corrected chi connectivity index (χ4v) is 4.14. The van der Waals surface area contributed by atoms with Crippen molar-refractivity contribution in [1.29, 1.82) is 0 Å². The van der Waals surface area contributed by atoms with Gasteiger partial charge in [-0.05, 0) is 57.5 Å². The Labute approximate surface area is 171 Å². The van der Waals surface area contributed by atoms with Gasteiger partial charge in [0.05, 0.1) is 6.61 Å². The van der Waals surface area contributed by atoms with Crippen LogP contribution in [-0.4, -0.2) is 50.5 Å². The van der Waals surface area contributed by atoms with E-state index in [2.05, 4.69) is 4.90 Å². The number of nitrogens with zero attached hydrogens (tertiary/aromatic N) is 1. The minimum Gasteiger partial charge on any atom is -0.486 e. The lowest BCUT2D eigenvalue weighted by Crippen LogP contribution is -2.33. The van der Waals surface area contributed by atoms with E-state index in [1.807, 2.05) is 24.3 Å². The molecule has 1 fully saturated rings. The molecular formula is C24H39NO3. The molecule has 1 saturated heterocycles. The molecule has 4 heteroatoms. The number of fused-ring (bicyclic) bond motifs is 1. The summed E-state index contributed by atoms with van der Waals surface area (Å²) >= 11 is 0. The van der Waals surface area contributed by atoms with Crippen molar-refractivity contribution in [3.05, 3.63) is 24.3 Å². The minimum absolute atomic E-state index is 0.0137. The number of benzene rings is 1. The van der Waals surface area contributed by atoms with Crippen LogP contribution in [0.4, 0.5) is 0 Å². The lowest BCUT2D eigenvalue weighted by Gasteiger charge is -2.26. The van der Waals surface area contributed by atoms with Crippen LogP contribution in [-0.2, 0) is 4.74 Å². The molecule has 0 spiro atoms. The largest absolute Gasteiger partial charge is 0.486 e. The molecule has 0 amide bonds. The van der Waals surface area contributed by atoms with Gasteiger partial charge >= 0.3 is 0 Å². The van der Waals surface area contributed by atoms with E-state index >= 15 is 0 Å². The minimum atomic E-state index is 0.0137. The second-order valence-electron chi connectivity index (χ2n) is 8.30. The lowest BCUT2D eigenvalue weighted by atomic mass is 10.1. The number of para-hydroxylation sites is 2. The summed E-state index contributed by atoms with van der Waals surface area (Å²) in [6.45, 7) is 6.04. The smallest absolute Gasteiger partial charge is 0.161 e. The number of unbranched alkanes of at least 4 members (excludes halogenated alkanes) is 7. The number of hydrogen-bond acceptors (Lipinski definition) is 4. The SMILES string of the molecule is c1ccc2c(c1)OCC(COCCCCCCCCCCN1CCCCC1)O2. The number of likely N-dealkylation sites (tertiary alicyclic amines) is 1. The van der Waals surface area contributed by atoms with E-state index in [9.17, 15) is 0 Å². The molecule has 1 atom stereocenters. The molecule has 1 unspecified atom stereocenters. The van der Waals surface area contributed by atoms with Gasteiger partial charge in [0.1, 0.15) is 6.61 Å². The summed E-state index contributed by atoms with van der Waals surface area (Å²) in [6.07, 6.45) is 15.0. The maximum atomic E-state index is 5.91. The summed E-state index contributed by atoms with van der Waals surface area (Å²) in [5.41, 5.74) is 0. The molecular weight excluding hydrogens is 350 g/mol. The van der Waals surface area contributed by atoms with Crippen LogP contribution < -0.4 is 9.47 Å². The van der Waals surface area contributed by atoms with Gasteiger partial charge in [-0.3, -0.25) is 0 Å². The summed E-state index contributed by atoms with van der Waals surface area (Å²) in [4.78, 5) is 2.66. The molecule has 0 N–H and O–H groups in total. The molecule has 0 saturated carbocycles. The molecule has 1 aromatic rings. The van der Waals surface area contributed by atoms with E-state index in [1.165, 1.54) is 83.8 Å². The maximum absolute atomic E-state index is 5.91. The second-order valence-corrected chi connectivity index (χ2v) is 8.30. The van der Waals surface area contributed by atoms with E-state index in [4.69, 9.17) is 14.2 Å². The average Bonchev–Trinajstić information content (AvgIpc) is 2.75. The highest BCUT2D eigenvalue weighted by molar-refractivity contribution is 5.40. The molecule has 2 aliphatic heterocycles. The fraction of sp³-hybridized carbons (Fsp3) is 0.750. The average molecular weight is 390 g/mol. The third kappa shape index (κ3) is 8.00. The van der Waals surface area contributed by atoms with Gasteiger partial charge in [0.25, 0.3) is 0 Å². The van der Waals surface area contributed by atoms with Crippen molar-refractivity contribution < 1.29 is 14.2 Å². The van der Waals surface area contributed by atoms with Crippen molar-refractivity contribution in [2.45, 2.75) is 76.7 Å². The van der Waals surface area contributed by atoms with E-state index in [0.717, 1.165) is 24.5 Å². The third-order valence-electron chi connectivity index (χ3n) is 5.83. The monoisotopic (exact) mass is 389 g/mol. The molecule has 158 valence electrons. The zero-order valence-corrected chi connectivity index (χ0v) is 17.6. The highest BCUT2D eigenvalue weighted by atomic mass is 16.6. The Balaban J connectivity index is 1.07. The van der Waals surface area contributed by atoms with Gasteiger partial charge in [0.2, 0.25) is 0 Å². The summed E-state index contributed by atoms with van der Waals surface area (Å²) in [7, 11) is 0. The Morgan fingerprint density at radius 3 is 2.29 bits per heavy atom. The number of ether oxygens (including phenoxy) is 3. The number of hydrogen-bond donors (Lipinski definition) is 0. The topological polar surface area (TPSA) is 30.9 Å². The van der Waals surface area contributed by atoms with E-state index in [1.54, 1.807) is 0 Å². The van der Waals surface area contributed by atoms with Crippen LogP contribution in [0.15, 0.2) is 24.3 Å². The van der Waals surface area contributed by atoms with Gasteiger partial charge in [-0.2, -0.15) is 0 Å². The first-order valence-electron chi connectivity index (χ1n) is 11.6. The van der Waals surface area contributed by atoms with Crippen LogP contribution in [0.5, 0.6) is 11.5 Å². The van der Waals surface area contributed by atoms with Crippen molar-refractivity contribution in [2.75, 3.05) is 39.5 Å². The highest BCUT2D eigenvalue weighted by Crippen LogP contribution is 2.30. The number of piperidine rings is 1. The molecule has 1 aromatic carbocycles. The Morgan fingerprint density at radius 2 is 1.50 bits per heavy atom. The Kier molecular flexibility index (Phi) is 10.00. The van der Waals surface area contributed by atoms with Crippen molar-refractivity contribution in [3.63, 3.8) is 0 Å². The fourth-order valence-electron chi connectivity index (χ4n) is 4.14. The van der Waals surface area contributed by atoms with Gasteiger partial charge in [-0.15, -0.1) is 0 Å². The third-order valence-corrected chi connectivity index (χ3v) is 5.83. The lowest BCUT2D eigenvalue weighted by molar-refractivity contribution is 0.00778. The van der Waals surface area contributed by atoms with Crippen molar-refractivity contribution >= 4 is 0 Å². The van der Waals surface area contributed by atoms with Crippen LogP contribution in [0, 0.1) is 0 Å². The highest BCUT2D eigenvalue weighted by Gasteiger charge is 2.20. The Bertz CT molecular complexity index is 530. The Hall–Kier alpha value is -1.26. The Morgan fingerprint density at radius 1 is 0.821 bits per heavy atom. The standard InChI is InChI=1S/C24H39NO3/c1(3-5-10-16-25-17-11-7-12-18-25)2-4-6-13-19-26-20-22-21-27-23-14-8-9-15-24(23)28-22/h8-9,14-15,22H,1-7,10-13,16-21H2. The molecule has 0 radical (unpaired) electrons. The molecule has 0 aliphatic carbocycles. The number of rotatable bonds is 13. The predicted molar refractivity (Wildman–Crippen MR) is 114 cm³/mol. The summed E-state index contributed by atoms with van der Waals surface area (Å²) < 4.78 is 17.4. The summed E-state index contributed by atoms with van der Waals surface area (Å²) in [6, 6.07) is 7.84. The quantitative estimate of drug-likeness (QED) is 0.420. The van der Waals surface area contributed by atoms with Crippen molar-refractivity contribution in [2.24, 2.45) is 0 Å². The first kappa shape index (κ1) is 21.4. The van der Waals surface area contributed by atoms with Gasteiger partial charge in [-0.25, -0.2) is 0 Å². The van der Waals surface area contributed by atoms with Crippen LogP contribution in [0.2, 0.25) is 0 Å². The first-order valence-corrected chi connectivity index (χ1v) is 11.6. The predicted octanol–water partition coefficient (Wildman–Crippen LogP) is 5.45. The van der Waals surface area contributed by atoms with Gasteiger partial charge in [0.15, 0.2) is 17.6 Å². The maximum Gasteiger partial charge on any atom is 0.161 e. The zero-order chi connectivity index (χ0) is 19.3. The zero-order valence-electron chi connectivity index (χ0n) is 17.6. The summed E-state index contributed by atoms with van der Waals surface area (Å²) in [5, 5.41) is 0. The molecule has 3 rings (SSSR count). The molecule has 2 heterocycles. The van der Waals surface area contributed by atoms with Crippen molar-refractivity contribution in [3.8, 4) is 11.5 Å². The van der Waals surface area contributed by atoms with Crippen LogP contribution in [0.3, 0.4) is 0 Å². The van der Waals surface area contributed by atoms with E-state index in [-0.39, 0.29) is 6.10 Å². The molecule has 28 heavy (non-hydrogen) atoms. The second kappa shape index (κ2) is 13.1. The van der Waals surface area contributed by atoms with Crippen LogP contribution in [0.25, 0.3) is 0 Å². The van der Waals surface area contributed by atoms with Crippen molar-refractivity contribution in [1.82, 2.24) is 4.90 Å². The molecule has 4 nitrogen and oxygen atoms in total. The van der Waals surface area contributed by atoms with Crippen LogP contribution in [0.1, 0.15) is 70.6 Å². The normalized spacial score (nSPS) is 19.6. The molecule has 0 aromatic heterocycles.